The van der Waals surface area contributed by atoms with E-state index < -0.39 is 29.0 Å². The Bertz CT molecular complexity index is 1170. The third-order valence-corrected chi connectivity index (χ3v) is 4.82. The number of carbonyl (C=O) groups is 2. The normalized spacial score (nSPS) is 10.2. The van der Waals surface area contributed by atoms with Crippen LogP contribution >= 0.6 is 0 Å². The van der Waals surface area contributed by atoms with Crippen molar-refractivity contribution in [2.24, 2.45) is 0 Å². The average Bonchev–Trinajstić information content (AvgIpc) is 2.85. The molecule has 3 rings (SSSR count). The van der Waals surface area contributed by atoms with Crippen LogP contribution in [0, 0.1) is 11.6 Å². The van der Waals surface area contributed by atoms with Gasteiger partial charge in [-0.05, 0) is 55.0 Å². The monoisotopic (exact) mass is 482 g/mol. The first kappa shape index (κ1) is 25.2. The zero-order valence-electron chi connectivity index (χ0n) is 19.4. The molecular formula is C26H24F2N2O5. The van der Waals surface area contributed by atoms with Crippen LogP contribution in [-0.4, -0.2) is 32.6 Å². The molecule has 3 aromatic carbocycles. The first-order chi connectivity index (χ1) is 16.9. The standard InChI is InChI=1S/C26H24F2N2O5/c1-4-35-24-22(33-2)14-16(15-23(24)34-3)13-17(25(31)29-20-11-7-5-9-18(20)27)26(32)30-21-12-8-6-10-19(21)28/h5-15H,4H2,1-3H3,(H,29,31)(H,30,32). The quantitative estimate of drug-likeness (QED) is 0.254. The number of nitrogens with one attached hydrogen (secondary N) is 2. The molecule has 0 saturated heterocycles. The number of methoxy groups -OCH3 is 2. The number of carbonyl (C=O) groups excluding carboxylic acids is 2. The van der Waals surface area contributed by atoms with Gasteiger partial charge in [0, 0.05) is 0 Å². The van der Waals surface area contributed by atoms with Crippen molar-refractivity contribution in [2.75, 3.05) is 31.5 Å². The summed E-state index contributed by atoms with van der Waals surface area (Å²) in [5.74, 6) is -2.21. The molecule has 0 saturated carbocycles. The molecule has 0 atom stereocenters. The van der Waals surface area contributed by atoms with Crippen molar-refractivity contribution >= 4 is 29.3 Å². The van der Waals surface area contributed by atoms with E-state index in [1.54, 1.807) is 19.1 Å². The van der Waals surface area contributed by atoms with Crippen LogP contribution in [0.25, 0.3) is 6.08 Å². The van der Waals surface area contributed by atoms with E-state index in [1.807, 2.05) is 0 Å². The van der Waals surface area contributed by atoms with Crippen molar-refractivity contribution in [3.05, 3.63) is 83.4 Å². The van der Waals surface area contributed by atoms with E-state index in [2.05, 4.69) is 10.6 Å². The molecule has 35 heavy (non-hydrogen) atoms. The molecule has 0 heterocycles. The molecule has 0 unspecified atom stereocenters. The van der Waals surface area contributed by atoms with Crippen molar-refractivity contribution < 1.29 is 32.6 Å². The van der Waals surface area contributed by atoms with Gasteiger partial charge in [0.15, 0.2) is 11.5 Å². The minimum absolute atomic E-state index is 0.121. The number of ether oxygens (including phenoxy) is 3. The minimum atomic E-state index is -0.907. The van der Waals surface area contributed by atoms with E-state index in [0.717, 1.165) is 0 Å². The van der Waals surface area contributed by atoms with Crippen LogP contribution in [0.15, 0.2) is 66.2 Å². The second-order valence-electron chi connectivity index (χ2n) is 7.11. The summed E-state index contributed by atoms with van der Waals surface area (Å²) in [5.41, 5.74) is -0.304. The van der Waals surface area contributed by atoms with E-state index in [9.17, 15) is 18.4 Å². The van der Waals surface area contributed by atoms with Gasteiger partial charge in [-0.15, -0.1) is 0 Å². The fraction of sp³-hybridized carbons (Fsp3) is 0.154. The zero-order valence-corrected chi connectivity index (χ0v) is 19.4. The third kappa shape index (κ3) is 6.14. The fourth-order valence-electron chi connectivity index (χ4n) is 3.18. The topological polar surface area (TPSA) is 85.9 Å². The Morgan fingerprint density at radius 2 is 1.29 bits per heavy atom. The summed E-state index contributed by atoms with van der Waals surface area (Å²) in [5, 5.41) is 4.75. The lowest BCUT2D eigenvalue weighted by Gasteiger charge is -2.15. The predicted octanol–water partition coefficient (Wildman–Crippen LogP) is 5.04. The summed E-state index contributed by atoms with van der Waals surface area (Å²) in [6.07, 6.45) is 1.26. The van der Waals surface area contributed by atoms with Crippen molar-refractivity contribution in [3.8, 4) is 17.2 Å². The highest BCUT2D eigenvalue weighted by Crippen LogP contribution is 2.39. The van der Waals surface area contributed by atoms with Crippen molar-refractivity contribution in [1.82, 2.24) is 0 Å². The molecule has 0 bridgehead atoms. The smallest absolute Gasteiger partial charge is 0.261 e. The fourth-order valence-corrected chi connectivity index (χ4v) is 3.18. The third-order valence-electron chi connectivity index (χ3n) is 4.82. The molecule has 7 nitrogen and oxygen atoms in total. The van der Waals surface area contributed by atoms with Gasteiger partial charge < -0.3 is 24.8 Å². The zero-order chi connectivity index (χ0) is 25.4. The van der Waals surface area contributed by atoms with Crippen LogP contribution in [0.2, 0.25) is 0 Å². The van der Waals surface area contributed by atoms with Gasteiger partial charge in [-0.1, -0.05) is 24.3 Å². The number of hydrogen-bond acceptors (Lipinski definition) is 5. The minimum Gasteiger partial charge on any atom is -0.493 e. The van der Waals surface area contributed by atoms with E-state index in [1.165, 1.54) is 68.8 Å². The molecule has 0 fully saturated rings. The summed E-state index contributed by atoms with van der Waals surface area (Å²) in [7, 11) is 2.86. The van der Waals surface area contributed by atoms with Crippen LogP contribution in [0.1, 0.15) is 12.5 Å². The number of hydrogen-bond donors (Lipinski definition) is 2. The molecule has 0 aliphatic rings. The summed E-state index contributed by atoms with van der Waals surface area (Å²) >= 11 is 0. The Morgan fingerprint density at radius 3 is 1.69 bits per heavy atom. The molecule has 0 aliphatic carbocycles. The van der Waals surface area contributed by atoms with Crippen LogP contribution in [-0.2, 0) is 9.59 Å². The van der Waals surface area contributed by atoms with Gasteiger partial charge in [0.1, 0.15) is 17.2 Å². The molecule has 9 heteroatoms. The molecule has 2 N–H and O–H groups in total. The summed E-state index contributed by atoms with van der Waals surface area (Å²) in [6, 6.07) is 14.1. The van der Waals surface area contributed by atoms with Gasteiger partial charge in [-0.25, -0.2) is 8.78 Å². The molecule has 0 radical (unpaired) electrons. The van der Waals surface area contributed by atoms with Crippen LogP contribution in [0.5, 0.6) is 17.2 Å². The second-order valence-corrected chi connectivity index (χ2v) is 7.11. The van der Waals surface area contributed by atoms with Crippen LogP contribution < -0.4 is 24.8 Å². The number of amides is 2. The Labute approximate surface area is 201 Å². The molecule has 0 aliphatic heterocycles. The van der Waals surface area contributed by atoms with Gasteiger partial charge in [-0.3, -0.25) is 9.59 Å². The highest BCUT2D eigenvalue weighted by molar-refractivity contribution is 6.28. The molecule has 182 valence electrons. The molecular weight excluding hydrogens is 458 g/mol. The van der Waals surface area contributed by atoms with Gasteiger partial charge in [-0.2, -0.15) is 0 Å². The SMILES string of the molecule is CCOc1c(OC)cc(C=C(C(=O)Nc2ccccc2F)C(=O)Nc2ccccc2F)cc1OC. The van der Waals surface area contributed by atoms with E-state index in [-0.39, 0.29) is 11.4 Å². The van der Waals surface area contributed by atoms with Gasteiger partial charge >= 0.3 is 0 Å². The maximum absolute atomic E-state index is 14.1. The molecule has 3 aromatic rings. The summed E-state index contributed by atoms with van der Waals surface area (Å²) < 4.78 is 44.6. The number of benzene rings is 3. The molecule has 0 aromatic heterocycles. The van der Waals surface area contributed by atoms with Gasteiger partial charge in [0.2, 0.25) is 5.75 Å². The Hall–Kier alpha value is -4.40. The summed E-state index contributed by atoms with van der Waals surface area (Å²) in [4.78, 5) is 26.2. The lowest BCUT2D eigenvalue weighted by molar-refractivity contribution is -0.118. The lowest BCUT2D eigenvalue weighted by Crippen LogP contribution is -2.26. The van der Waals surface area contributed by atoms with Crippen LogP contribution in [0.4, 0.5) is 20.2 Å². The second kappa shape index (κ2) is 11.6. The van der Waals surface area contributed by atoms with E-state index in [4.69, 9.17) is 14.2 Å². The molecule has 2 amide bonds. The number of anilines is 2. The van der Waals surface area contributed by atoms with Crippen molar-refractivity contribution in [3.63, 3.8) is 0 Å². The number of halogens is 2. The average molecular weight is 482 g/mol. The number of rotatable bonds is 9. The van der Waals surface area contributed by atoms with Crippen molar-refractivity contribution in [2.45, 2.75) is 6.92 Å². The van der Waals surface area contributed by atoms with Gasteiger partial charge in [0.05, 0.1) is 32.2 Å². The van der Waals surface area contributed by atoms with E-state index in [0.29, 0.717) is 29.4 Å². The maximum Gasteiger partial charge on any atom is 0.261 e. The Kier molecular flexibility index (Phi) is 8.39. The summed E-state index contributed by atoms with van der Waals surface area (Å²) in [6.45, 7) is 2.15. The maximum atomic E-state index is 14.1. The van der Waals surface area contributed by atoms with Crippen LogP contribution in [0.3, 0.4) is 0 Å². The van der Waals surface area contributed by atoms with Gasteiger partial charge in [0.25, 0.3) is 11.8 Å². The predicted molar refractivity (Wildman–Crippen MR) is 129 cm³/mol. The highest BCUT2D eigenvalue weighted by Gasteiger charge is 2.22. The first-order valence-electron chi connectivity index (χ1n) is 10.6. The first-order valence-corrected chi connectivity index (χ1v) is 10.6. The highest BCUT2D eigenvalue weighted by atomic mass is 19.1. The van der Waals surface area contributed by atoms with Crippen molar-refractivity contribution in [1.29, 1.82) is 0 Å². The Balaban J connectivity index is 2.06. The lowest BCUT2D eigenvalue weighted by atomic mass is 10.1. The molecule has 0 spiro atoms. The van der Waals surface area contributed by atoms with E-state index >= 15 is 0 Å². The number of para-hydroxylation sites is 2. The Morgan fingerprint density at radius 1 is 0.829 bits per heavy atom. The largest absolute Gasteiger partial charge is 0.493 e.